The number of nitrogens with two attached hydrogens (primary N) is 1. The van der Waals surface area contributed by atoms with Crippen LogP contribution in [0.4, 0.5) is 5.69 Å². The second kappa shape index (κ2) is 4.57. The normalized spacial score (nSPS) is 22.6. The zero-order valence-electron chi connectivity index (χ0n) is 10.8. The molecule has 0 saturated carbocycles. The van der Waals surface area contributed by atoms with E-state index in [1.807, 2.05) is 25.1 Å². The van der Waals surface area contributed by atoms with Gasteiger partial charge in [-0.05, 0) is 45.2 Å². The molecule has 1 heterocycles. The van der Waals surface area contributed by atoms with Crippen molar-refractivity contribution in [1.29, 1.82) is 0 Å². The Labute approximate surface area is 103 Å². The molecule has 1 saturated heterocycles. The zero-order valence-corrected chi connectivity index (χ0v) is 10.8. The number of rotatable bonds is 3. The van der Waals surface area contributed by atoms with Gasteiger partial charge in [-0.3, -0.25) is 0 Å². The van der Waals surface area contributed by atoms with Crippen LogP contribution in [0, 0.1) is 6.92 Å². The molecular formula is C14H21NO2. The fraction of sp³-hybridized carbons (Fsp3) is 0.571. The summed E-state index contributed by atoms with van der Waals surface area (Å²) in [5.74, 6) is 0.792. The second-order valence-electron chi connectivity index (χ2n) is 5.34. The molecule has 1 aliphatic heterocycles. The van der Waals surface area contributed by atoms with Gasteiger partial charge in [0.15, 0.2) is 0 Å². The molecular weight excluding hydrogens is 214 g/mol. The minimum absolute atomic E-state index is 0.00863. The van der Waals surface area contributed by atoms with Gasteiger partial charge in [0.25, 0.3) is 0 Å². The van der Waals surface area contributed by atoms with Crippen molar-refractivity contribution in [2.24, 2.45) is 0 Å². The first kappa shape index (κ1) is 12.2. The van der Waals surface area contributed by atoms with Crippen LogP contribution >= 0.6 is 0 Å². The summed E-state index contributed by atoms with van der Waals surface area (Å²) in [5.41, 5.74) is 7.65. The summed E-state index contributed by atoms with van der Waals surface area (Å²) >= 11 is 0. The standard InChI is InChI=1S/C14H21NO2/c1-10-5-4-6-12(15)13(10)16-9-11-7-8-14(2,3)17-11/h4-6,11H,7-9,15H2,1-3H3. The van der Waals surface area contributed by atoms with Crippen molar-refractivity contribution in [1.82, 2.24) is 0 Å². The number of hydrogen-bond donors (Lipinski definition) is 1. The molecule has 0 aromatic heterocycles. The van der Waals surface area contributed by atoms with Crippen molar-refractivity contribution in [3.8, 4) is 5.75 Å². The molecule has 0 radical (unpaired) electrons. The Bertz CT molecular complexity index is 381. The molecule has 3 heteroatoms. The summed E-state index contributed by atoms with van der Waals surface area (Å²) < 4.78 is 11.7. The lowest BCUT2D eigenvalue weighted by atomic mass is 10.1. The number of benzene rings is 1. The lowest BCUT2D eigenvalue weighted by molar-refractivity contribution is -0.0326. The monoisotopic (exact) mass is 235 g/mol. The number of hydrogen-bond acceptors (Lipinski definition) is 3. The van der Waals surface area contributed by atoms with Crippen LogP contribution in [0.2, 0.25) is 0 Å². The molecule has 17 heavy (non-hydrogen) atoms. The minimum Gasteiger partial charge on any atom is -0.488 e. The van der Waals surface area contributed by atoms with E-state index in [1.54, 1.807) is 0 Å². The Morgan fingerprint density at radius 3 is 2.82 bits per heavy atom. The SMILES string of the molecule is Cc1cccc(N)c1OCC1CCC(C)(C)O1. The smallest absolute Gasteiger partial charge is 0.145 e. The molecule has 1 aromatic carbocycles. The molecule has 1 atom stereocenters. The van der Waals surface area contributed by atoms with Crippen molar-refractivity contribution < 1.29 is 9.47 Å². The fourth-order valence-corrected chi connectivity index (χ4v) is 2.24. The minimum atomic E-state index is -0.00863. The first-order valence-electron chi connectivity index (χ1n) is 6.14. The van der Waals surface area contributed by atoms with E-state index in [0.29, 0.717) is 12.3 Å². The van der Waals surface area contributed by atoms with Crippen LogP contribution in [0.3, 0.4) is 0 Å². The number of nitrogen functional groups attached to an aromatic ring is 1. The van der Waals surface area contributed by atoms with Gasteiger partial charge >= 0.3 is 0 Å². The highest BCUT2D eigenvalue weighted by Crippen LogP contribution is 2.31. The van der Waals surface area contributed by atoms with Crippen molar-refractivity contribution in [3.63, 3.8) is 0 Å². The summed E-state index contributed by atoms with van der Waals surface area (Å²) in [4.78, 5) is 0. The maximum atomic E-state index is 5.89. The van der Waals surface area contributed by atoms with Gasteiger partial charge in [0, 0.05) is 0 Å². The topological polar surface area (TPSA) is 44.5 Å². The Morgan fingerprint density at radius 1 is 1.47 bits per heavy atom. The highest BCUT2D eigenvalue weighted by Gasteiger charge is 2.32. The largest absolute Gasteiger partial charge is 0.488 e. The molecule has 2 N–H and O–H groups in total. The zero-order chi connectivity index (χ0) is 12.5. The van der Waals surface area contributed by atoms with E-state index < -0.39 is 0 Å². The van der Waals surface area contributed by atoms with Gasteiger partial charge in [-0.1, -0.05) is 12.1 Å². The average molecular weight is 235 g/mol. The van der Waals surface area contributed by atoms with Crippen LogP contribution in [0.5, 0.6) is 5.75 Å². The van der Waals surface area contributed by atoms with E-state index in [1.165, 1.54) is 0 Å². The highest BCUT2D eigenvalue weighted by atomic mass is 16.6. The van der Waals surface area contributed by atoms with Crippen molar-refractivity contribution >= 4 is 5.69 Å². The van der Waals surface area contributed by atoms with Gasteiger partial charge in [-0.2, -0.15) is 0 Å². The third-order valence-corrected chi connectivity index (χ3v) is 3.21. The lowest BCUT2D eigenvalue weighted by Gasteiger charge is -2.20. The van der Waals surface area contributed by atoms with Gasteiger partial charge in [-0.25, -0.2) is 0 Å². The first-order valence-corrected chi connectivity index (χ1v) is 6.14. The van der Waals surface area contributed by atoms with Crippen LogP contribution in [-0.4, -0.2) is 18.3 Å². The van der Waals surface area contributed by atoms with Gasteiger partial charge in [0.1, 0.15) is 12.4 Å². The summed E-state index contributed by atoms with van der Waals surface area (Å²) in [6.07, 6.45) is 2.33. The molecule has 94 valence electrons. The number of aryl methyl sites for hydroxylation is 1. The van der Waals surface area contributed by atoms with Crippen molar-refractivity contribution in [3.05, 3.63) is 23.8 Å². The molecule has 0 spiro atoms. The molecule has 1 aromatic rings. The number of anilines is 1. The average Bonchev–Trinajstić information content (AvgIpc) is 2.57. The fourth-order valence-electron chi connectivity index (χ4n) is 2.24. The van der Waals surface area contributed by atoms with Crippen molar-refractivity contribution in [2.75, 3.05) is 12.3 Å². The van der Waals surface area contributed by atoms with Gasteiger partial charge in [0.2, 0.25) is 0 Å². The maximum absolute atomic E-state index is 5.89. The first-order chi connectivity index (χ1) is 7.98. The molecule has 1 fully saturated rings. The van der Waals surface area contributed by atoms with Gasteiger partial charge < -0.3 is 15.2 Å². The maximum Gasteiger partial charge on any atom is 0.145 e. The van der Waals surface area contributed by atoms with E-state index >= 15 is 0 Å². The Morgan fingerprint density at radius 2 is 2.24 bits per heavy atom. The van der Waals surface area contributed by atoms with E-state index in [4.69, 9.17) is 15.2 Å². The molecule has 2 rings (SSSR count). The highest BCUT2D eigenvalue weighted by molar-refractivity contribution is 5.56. The Hall–Kier alpha value is -1.22. The van der Waals surface area contributed by atoms with Crippen LogP contribution in [0.1, 0.15) is 32.3 Å². The van der Waals surface area contributed by atoms with Gasteiger partial charge in [0.05, 0.1) is 17.4 Å². The predicted molar refractivity (Wildman–Crippen MR) is 69.3 cm³/mol. The third kappa shape index (κ3) is 2.91. The van der Waals surface area contributed by atoms with E-state index in [-0.39, 0.29) is 11.7 Å². The summed E-state index contributed by atoms with van der Waals surface area (Å²) in [7, 11) is 0. The molecule has 0 amide bonds. The van der Waals surface area contributed by atoms with Crippen LogP contribution < -0.4 is 10.5 Å². The molecule has 3 nitrogen and oxygen atoms in total. The molecule has 0 bridgehead atoms. The van der Waals surface area contributed by atoms with Gasteiger partial charge in [-0.15, -0.1) is 0 Å². The van der Waals surface area contributed by atoms with Crippen LogP contribution in [0.25, 0.3) is 0 Å². The van der Waals surface area contributed by atoms with Crippen LogP contribution in [-0.2, 0) is 4.74 Å². The Balaban J connectivity index is 1.95. The third-order valence-electron chi connectivity index (χ3n) is 3.21. The number of para-hydroxylation sites is 1. The van der Waals surface area contributed by atoms with Crippen LogP contribution in [0.15, 0.2) is 18.2 Å². The lowest BCUT2D eigenvalue weighted by Crippen LogP contribution is -2.24. The summed E-state index contributed by atoms with van der Waals surface area (Å²) in [5, 5.41) is 0. The molecule has 1 unspecified atom stereocenters. The predicted octanol–water partition coefficient (Wildman–Crippen LogP) is 2.91. The molecule has 1 aliphatic rings. The number of ether oxygens (including phenoxy) is 2. The molecule has 0 aliphatic carbocycles. The summed E-state index contributed by atoms with van der Waals surface area (Å²) in [6.45, 7) is 6.83. The summed E-state index contributed by atoms with van der Waals surface area (Å²) in [6, 6.07) is 5.81. The van der Waals surface area contributed by atoms with E-state index in [9.17, 15) is 0 Å². The van der Waals surface area contributed by atoms with E-state index in [0.717, 1.165) is 24.2 Å². The quantitative estimate of drug-likeness (QED) is 0.819. The van der Waals surface area contributed by atoms with Crippen molar-refractivity contribution in [2.45, 2.75) is 45.3 Å². The van der Waals surface area contributed by atoms with E-state index in [2.05, 4.69) is 13.8 Å². The second-order valence-corrected chi connectivity index (χ2v) is 5.34. The Kier molecular flexibility index (Phi) is 3.29.